The molecule has 1 aromatic rings. The lowest BCUT2D eigenvalue weighted by molar-refractivity contribution is 0.263. The predicted molar refractivity (Wildman–Crippen MR) is 83.5 cm³/mol. The van der Waals surface area contributed by atoms with Gasteiger partial charge < -0.3 is 5.32 Å². The van der Waals surface area contributed by atoms with Crippen LogP contribution in [-0.4, -0.2) is 32.9 Å². The van der Waals surface area contributed by atoms with Gasteiger partial charge in [0.15, 0.2) is 0 Å². The molecule has 0 aliphatic heterocycles. The first-order chi connectivity index (χ1) is 9.54. The Morgan fingerprint density at radius 1 is 1.45 bits per heavy atom. The van der Waals surface area contributed by atoms with Gasteiger partial charge in [0.2, 0.25) is 10.0 Å². The van der Waals surface area contributed by atoms with Crippen molar-refractivity contribution in [1.82, 2.24) is 9.62 Å². The topological polar surface area (TPSA) is 49.4 Å². The number of sulfonamides is 1. The van der Waals surface area contributed by atoms with Gasteiger partial charge >= 0.3 is 0 Å². The third-order valence-corrected chi connectivity index (χ3v) is 6.69. The molecule has 114 valence electrons. The van der Waals surface area contributed by atoms with Gasteiger partial charge in [-0.15, -0.1) is 11.3 Å². The van der Waals surface area contributed by atoms with Crippen molar-refractivity contribution in [3.8, 4) is 0 Å². The van der Waals surface area contributed by atoms with Crippen LogP contribution in [0.15, 0.2) is 16.3 Å². The van der Waals surface area contributed by atoms with Crippen LogP contribution < -0.4 is 5.32 Å². The van der Waals surface area contributed by atoms with Gasteiger partial charge in [-0.05, 0) is 37.8 Å². The first-order valence-corrected chi connectivity index (χ1v) is 9.60. The molecular weight excluding hydrogens is 292 g/mol. The molecule has 0 aromatic carbocycles. The van der Waals surface area contributed by atoms with E-state index in [2.05, 4.69) is 12.2 Å². The van der Waals surface area contributed by atoms with E-state index in [4.69, 9.17) is 0 Å². The highest BCUT2D eigenvalue weighted by Crippen LogP contribution is 2.29. The third kappa shape index (κ3) is 3.81. The van der Waals surface area contributed by atoms with Crippen LogP contribution in [0.25, 0.3) is 0 Å². The maximum absolute atomic E-state index is 12.5. The first kappa shape index (κ1) is 15.9. The zero-order chi connectivity index (χ0) is 14.6. The van der Waals surface area contributed by atoms with Gasteiger partial charge in [0, 0.05) is 30.4 Å². The number of nitrogens with one attached hydrogen (secondary N) is 1. The van der Waals surface area contributed by atoms with Crippen molar-refractivity contribution in [2.75, 3.05) is 20.1 Å². The van der Waals surface area contributed by atoms with Crippen molar-refractivity contribution >= 4 is 21.4 Å². The van der Waals surface area contributed by atoms with Gasteiger partial charge in [-0.1, -0.05) is 13.3 Å². The minimum Gasteiger partial charge on any atom is -0.312 e. The summed E-state index contributed by atoms with van der Waals surface area (Å²) in [5.41, 5.74) is 0. The fourth-order valence-corrected chi connectivity index (χ4v) is 4.77. The molecule has 20 heavy (non-hydrogen) atoms. The highest BCUT2D eigenvalue weighted by atomic mass is 32.2. The summed E-state index contributed by atoms with van der Waals surface area (Å²) in [6, 6.07) is 1.81. The van der Waals surface area contributed by atoms with Gasteiger partial charge in [0.05, 0.1) is 4.90 Å². The largest absolute Gasteiger partial charge is 0.312 e. The average molecular weight is 316 g/mol. The maximum atomic E-state index is 12.5. The van der Waals surface area contributed by atoms with E-state index in [-0.39, 0.29) is 0 Å². The van der Waals surface area contributed by atoms with Gasteiger partial charge in [-0.2, -0.15) is 0 Å². The first-order valence-electron chi connectivity index (χ1n) is 7.28. The summed E-state index contributed by atoms with van der Waals surface area (Å²) in [5, 5.41) is 5.06. The Kier molecular flexibility index (Phi) is 5.60. The molecule has 0 spiro atoms. The SMILES string of the molecule is CCCNCc1cc(S(=O)(=O)N(C)CC2CCC2)cs1. The van der Waals surface area contributed by atoms with E-state index < -0.39 is 10.0 Å². The number of hydrogen-bond acceptors (Lipinski definition) is 4. The molecule has 1 heterocycles. The normalized spacial score (nSPS) is 16.6. The maximum Gasteiger partial charge on any atom is 0.243 e. The summed E-state index contributed by atoms with van der Waals surface area (Å²) >= 11 is 1.51. The smallest absolute Gasteiger partial charge is 0.243 e. The predicted octanol–water partition coefficient (Wildman–Crippen LogP) is 2.67. The van der Waals surface area contributed by atoms with E-state index in [0.717, 1.165) is 37.2 Å². The number of thiophene rings is 1. The molecule has 1 saturated carbocycles. The van der Waals surface area contributed by atoms with Crippen LogP contribution in [0.1, 0.15) is 37.5 Å². The fraction of sp³-hybridized carbons (Fsp3) is 0.714. The van der Waals surface area contributed by atoms with Gasteiger partial charge in [-0.25, -0.2) is 12.7 Å². The van der Waals surface area contributed by atoms with Crippen LogP contribution in [0, 0.1) is 5.92 Å². The molecule has 0 radical (unpaired) electrons. The molecule has 2 rings (SSSR count). The zero-order valence-corrected chi connectivity index (χ0v) is 13.9. The lowest BCUT2D eigenvalue weighted by atomic mass is 9.86. The summed E-state index contributed by atoms with van der Waals surface area (Å²) in [7, 11) is -1.61. The minimum absolute atomic E-state index is 0.442. The van der Waals surface area contributed by atoms with Crippen molar-refractivity contribution in [3.05, 3.63) is 16.3 Å². The molecule has 1 aromatic heterocycles. The van der Waals surface area contributed by atoms with Crippen LogP contribution in [0.5, 0.6) is 0 Å². The van der Waals surface area contributed by atoms with E-state index in [1.165, 1.54) is 22.1 Å². The fourth-order valence-electron chi connectivity index (χ4n) is 2.29. The Hall–Kier alpha value is -0.430. The van der Waals surface area contributed by atoms with E-state index in [1.807, 2.05) is 0 Å². The molecule has 1 aliphatic rings. The second-order valence-corrected chi connectivity index (χ2v) is 8.55. The minimum atomic E-state index is -3.30. The Morgan fingerprint density at radius 3 is 2.80 bits per heavy atom. The van der Waals surface area contributed by atoms with Gasteiger partial charge in [-0.3, -0.25) is 0 Å². The quantitative estimate of drug-likeness (QED) is 0.750. The standard InChI is InChI=1S/C14H24N2O2S2/c1-3-7-15-9-13-8-14(11-19-13)20(17,18)16(2)10-12-5-4-6-12/h8,11-12,15H,3-7,9-10H2,1-2H3. The zero-order valence-electron chi connectivity index (χ0n) is 12.3. The van der Waals surface area contributed by atoms with Gasteiger partial charge in [0.1, 0.15) is 0 Å². The summed E-state index contributed by atoms with van der Waals surface area (Å²) in [5.74, 6) is 0.555. The molecule has 1 fully saturated rings. The van der Waals surface area contributed by atoms with Crippen LogP contribution in [-0.2, 0) is 16.6 Å². The van der Waals surface area contributed by atoms with E-state index in [1.54, 1.807) is 18.5 Å². The van der Waals surface area contributed by atoms with Crippen LogP contribution in [0.3, 0.4) is 0 Å². The summed E-state index contributed by atoms with van der Waals surface area (Å²) in [6.07, 6.45) is 4.65. The molecule has 0 bridgehead atoms. The number of rotatable bonds is 8. The lowest BCUT2D eigenvalue weighted by Crippen LogP contribution is -2.34. The van der Waals surface area contributed by atoms with Crippen LogP contribution in [0.4, 0.5) is 0 Å². The summed E-state index contributed by atoms with van der Waals surface area (Å²) < 4.78 is 26.4. The molecule has 1 aliphatic carbocycles. The monoisotopic (exact) mass is 316 g/mol. The molecule has 6 heteroatoms. The van der Waals surface area contributed by atoms with Crippen molar-refractivity contribution in [2.45, 2.75) is 44.0 Å². The van der Waals surface area contributed by atoms with Crippen LogP contribution >= 0.6 is 11.3 Å². The Labute approximate surface area is 126 Å². The molecule has 0 atom stereocenters. The van der Waals surface area contributed by atoms with Crippen molar-refractivity contribution in [3.63, 3.8) is 0 Å². The van der Waals surface area contributed by atoms with E-state index >= 15 is 0 Å². The number of nitrogens with zero attached hydrogens (tertiary/aromatic N) is 1. The van der Waals surface area contributed by atoms with Crippen molar-refractivity contribution < 1.29 is 8.42 Å². The molecule has 0 unspecified atom stereocenters. The second-order valence-electron chi connectivity index (χ2n) is 5.51. The second kappa shape index (κ2) is 7.02. The summed E-state index contributed by atoms with van der Waals surface area (Å²) in [4.78, 5) is 1.52. The lowest BCUT2D eigenvalue weighted by Gasteiger charge is -2.29. The Balaban J connectivity index is 1.97. The average Bonchev–Trinajstić information content (AvgIpc) is 2.83. The summed E-state index contributed by atoms with van der Waals surface area (Å²) in [6.45, 7) is 4.48. The van der Waals surface area contributed by atoms with Crippen LogP contribution in [0.2, 0.25) is 0 Å². The third-order valence-electron chi connectivity index (χ3n) is 3.80. The van der Waals surface area contributed by atoms with Crippen molar-refractivity contribution in [1.29, 1.82) is 0 Å². The number of hydrogen-bond donors (Lipinski definition) is 1. The van der Waals surface area contributed by atoms with E-state index in [0.29, 0.717) is 17.4 Å². The Morgan fingerprint density at radius 2 is 2.20 bits per heavy atom. The molecule has 4 nitrogen and oxygen atoms in total. The molecule has 1 N–H and O–H groups in total. The van der Waals surface area contributed by atoms with Gasteiger partial charge in [0.25, 0.3) is 0 Å². The Bertz CT molecular complexity index is 521. The molecule has 0 amide bonds. The highest BCUT2D eigenvalue weighted by Gasteiger charge is 2.27. The van der Waals surface area contributed by atoms with E-state index in [9.17, 15) is 8.42 Å². The van der Waals surface area contributed by atoms with Crippen molar-refractivity contribution in [2.24, 2.45) is 5.92 Å². The molecule has 0 saturated heterocycles. The molecular formula is C14H24N2O2S2. The highest BCUT2D eigenvalue weighted by molar-refractivity contribution is 7.89.